The predicted octanol–water partition coefficient (Wildman–Crippen LogP) is 4.83. The molecule has 1 fully saturated rings. The third-order valence-electron chi connectivity index (χ3n) is 6.73. The van der Waals surface area contributed by atoms with Crippen molar-refractivity contribution in [2.24, 2.45) is 5.92 Å². The fourth-order valence-electron chi connectivity index (χ4n) is 4.82. The summed E-state index contributed by atoms with van der Waals surface area (Å²) in [5, 5.41) is 0. The molecule has 10 heteroatoms. The number of Topliss-reactive ketones (excluding diaryl/α,β-unsaturated/α-hetero) is 1. The van der Waals surface area contributed by atoms with E-state index in [2.05, 4.69) is 0 Å². The highest BCUT2D eigenvalue weighted by Crippen LogP contribution is 2.39. The third-order valence-corrected chi connectivity index (χ3v) is 8.52. The molecule has 2 aliphatic heterocycles. The van der Waals surface area contributed by atoms with Gasteiger partial charge in [-0.25, -0.2) is 12.8 Å². The van der Waals surface area contributed by atoms with Crippen LogP contribution in [0.2, 0.25) is 0 Å². The Labute approximate surface area is 229 Å². The van der Waals surface area contributed by atoms with Crippen molar-refractivity contribution < 1.29 is 36.6 Å². The lowest BCUT2D eigenvalue weighted by Gasteiger charge is -2.36. The third kappa shape index (κ3) is 7.79. The highest BCUT2D eigenvalue weighted by Gasteiger charge is 2.35. The summed E-state index contributed by atoms with van der Waals surface area (Å²) in [6.45, 7) is 6.65. The van der Waals surface area contributed by atoms with Gasteiger partial charge in [-0.3, -0.25) is 13.9 Å². The van der Waals surface area contributed by atoms with Crippen LogP contribution < -0.4 is 9.04 Å². The van der Waals surface area contributed by atoms with E-state index in [4.69, 9.17) is 14.2 Å². The lowest BCUT2D eigenvalue weighted by atomic mass is 9.92. The summed E-state index contributed by atoms with van der Waals surface area (Å²) in [5.74, 6) is -0.207. The van der Waals surface area contributed by atoms with Crippen LogP contribution >= 0.6 is 0 Å². The Kier molecular flexibility index (Phi) is 8.96. The summed E-state index contributed by atoms with van der Waals surface area (Å²) in [4.78, 5) is 25.0. The maximum absolute atomic E-state index is 13.7. The molecule has 39 heavy (non-hydrogen) atoms. The van der Waals surface area contributed by atoms with Gasteiger partial charge in [0.2, 0.25) is 0 Å². The largest absolute Gasteiger partial charge is 0.486 e. The minimum atomic E-state index is -4.09. The van der Waals surface area contributed by atoms with Crippen molar-refractivity contribution in [1.29, 1.82) is 0 Å². The van der Waals surface area contributed by atoms with Crippen molar-refractivity contribution in [2.45, 2.75) is 75.9 Å². The van der Waals surface area contributed by atoms with Gasteiger partial charge in [0.05, 0.1) is 23.5 Å². The second-order valence-electron chi connectivity index (χ2n) is 11.1. The first-order valence-corrected chi connectivity index (χ1v) is 14.7. The molecule has 2 aromatic carbocycles. The molecule has 0 aromatic heterocycles. The van der Waals surface area contributed by atoms with Gasteiger partial charge in [0.15, 0.2) is 0 Å². The molecule has 0 bridgehead atoms. The molecule has 2 aromatic rings. The average Bonchev–Trinajstić information content (AvgIpc) is 2.87. The summed E-state index contributed by atoms with van der Waals surface area (Å²) in [7, 11) is -4.09. The van der Waals surface area contributed by atoms with Crippen molar-refractivity contribution in [3.05, 3.63) is 53.8 Å². The zero-order valence-electron chi connectivity index (χ0n) is 22.7. The van der Waals surface area contributed by atoms with Crippen LogP contribution in [0.25, 0.3) is 0 Å². The highest BCUT2D eigenvalue weighted by molar-refractivity contribution is 7.92. The van der Waals surface area contributed by atoms with Crippen LogP contribution in [-0.2, 0) is 35.5 Å². The Morgan fingerprint density at radius 1 is 1.08 bits per heavy atom. The van der Waals surface area contributed by atoms with Gasteiger partial charge in [0.1, 0.15) is 29.1 Å². The monoisotopic (exact) mass is 561 g/mol. The normalized spacial score (nSPS) is 18.3. The van der Waals surface area contributed by atoms with Gasteiger partial charge in [0, 0.05) is 26.1 Å². The van der Waals surface area contributed by atoms with Gasteiger partial charge in [0.25, 0.3) is 10.0 Å². The Morgan fingerprint density at radius 2 is 1.77 bits per heavy atom. The first-order valence-electron chi connectivity index (χ1n) is 13.3. The number of hydrogen-bond donors (Lipinski definition) is 0. The molecule has 2 heterocycles. The fourth-order valence-corrected chi connectivity index (χ4v) is 6.32. The molecule has 0 saturated carbocycles. The van der Waals surface area contributed by atoms with Crippen LogP contribution in [0.3, 0.4) is 0 Å². The molecular weight excluding hydrogens is 525 g/mol. The van der Waals surface area contributed by atoms with E-state index in [0.29, 0.717) is 43.3 Å². The fraction of sp³-hybridized carbons (Fsp3) is 0.517. The van der Waals surface area contributed by atoms with E-state index in [1.165, 1.54) is 16.4 Å². The summed E-state index contributed by atoms with van der Waals surface area (Å²) in [6.07, 6.45) is 2.26. The van der Waals surface area contributed by atoms with E-state index in [-0.39, 0.29) is 35.8 Å². The van der Waals surface area contributed by atoms with Gasteiger partial charge in [-0.05, 0) is 87.9 Å². The zero-order valence-corrected chi connectivity index (χ0v) is 23.5. The standard InChI is InChI=1S/C29H36FNO7S/c1-29(2,3)38-28(33)18-21-4-11-27-26(17-21)31(39(34,35)25-9-5-22(30)6-10-25)19-24(37-27)8-7-23(32)16-20-12-14-36-15-13-20/h4-6,9-11,17,20,24H,7-8,12-16,18-19H2,1-3H3/t24-/m0/s1. The van der Waals surface area contributed by atoms with Crippen molar-refractivity contribution in [3.63, 3.8) is 0 Å². The van der Waals surface area contributed by atoms with Crippen molar-refractivity contribution in [2.75, 3.05) is 24.1 Å². The highest BCUT2D eigenvalue weighted by atomic mass is 32.2. The van der Waals surface area contributed by atoms with E-state index in [0.717, 1.165) is 25.0 Å². The molecule has 1 atom stereocenters. The summed E-state index contributed by atoms with van der Waals surface area (Å²) in [6, 6.07) is 9.57. The number of esters is 1. The predicted molar refractivity (Wildman–Crippen MR) is 144 cm³/mol. The number of benzene rings is 2. The number of fused-ring (bicyclic) bond motifs is 1. The maximum atomic E-state index is 13.7. The van der Waals surface area contributed by atoms with Gasteiger partial charge in [-0.1, -0.05) is 6.07 Å². The number of halogens is 1. The number of carbonyl (C=O) groups is 2. The number of carbonyl (C=O) groups excluding carboxylic acids is 2. The topological polar surface area (TPSA) is 99.2 Å². The molecule has 4 rings (SSSR count). The molecular formula is C29H36FNO7S. The molecule has 2 aliphatic rings. The molecule has 1 saturated heterocycles. The van der Waals surface area contributed by atoms with Crippen molar-refractivity contribution >= 4 is 27.5 Å². The van der Waals surface area contributed by atoms with Crippen LogP contribution in [0.15, 0.2) is 47.4 Å². The molecule has 0 unspecified atom stereocenters. The summed E-state index contributed by atoms with van der Waals surface area (Å²) < 4.78 is 59.1. The minimum Gasteiger partial charge on any atom is -0.486 e. The van der Waals surface area contributed by atoms with E-state index in [9.17, 15) is 22.4 Å². The zero-order chi connectivity index (χ0) is 28.2. The van der Waals surface area contributed by atoms with E-state index in [1.807, 2.05) is 0 Å². The number of sulfonamides is 1. The van der Waals surface area contributed by atoms with Crippen molar-refractivity contribution in [3.8, 4) is 5.75 Å². The van der Waals surface area contributed by atoms with E-state index in [1.54, 1.807) is 39.0 Å². The molecule has 212 valence electrons. The maximum Gasteiger partial charge on any atom is 0.310 e. The van der Waals surface area contributed by atoms with Crippen LogP contribution in [0, 0.1) is 11.7 Å². The summed E-state index contributed by atoms with van der Waals surface area (Å²) >= 11 is 0. The first-order chi connectivity index (χ1) is 18.4. The van der Waals surface area contributed by atoms with Gasteiger partial charge in [-0.15, -0.1) is 0 Å². The Morgan fingerprint density at radius 3 is 2.44 bits per heavy atom. The quantitative estimate of drug-likeness (QED) is 0.404. The van der Waals surface area contributed by atoms with E-state index < -0.39 is 33.5 Å². The van der Waals surface area contributed by atoms with Gasteiger partial charge in [-0.2, -0.15) is 0 Å². The van der Waals surface area contributed by atoms with Crippen molar-refractivity contribution in [1.82, 2.24) is 0 Å². The molecule has 0 N–H and O–H groups in total. The van der Waals surface area contributed by atoms with E-state index >= 15 is 0 Å². The van der Waals surface area contributed by atoms with Crippen LogP contribution in [0.5, 0.6) is 5.75 Å². The second-order valence-corrected chi connectivity index (χ2v) is 13.0. The number of ketones is 1. The Bertz CT molecular complexity index is 1280. The first kappa shape index (κ1) is 29.0. The number of ether oxygens (including phenoxy) is 3. The van der Waals surface area contributed by atoms with Gasteiger partial charge < -0.3 is 14.2 Å². The smallest absolute Gasteiger partial charge is 0.310 e. The molecule has 0 spiro atoms. The second kappa shape index (κ2) is 12.0. The molecule has 8 nitrogen and oxygen atoms in total. The van der Waals surface area contributed by atoms with Crippen LogP contribution in [0.4, 0.5) is 10.1 Å². The Hall–Kier alpha value is -2.98. The number of hydrogen-bond acceptors (Lipinski definition) is 7. The summed E-state index contributed by atoms with van der Waals surface area (Å²) in [5.41, 5.74) is 0.197. The molecule has 0 amide bonds. The average molecular weight is 562 g/mol. The lowest BCUT2D eigenvalue weighted by molar-refractivity contribution is -0.153. The number of nitrogens with zero attached hydrogens (tertiary/aromatic N) is 1. The molecule has 0 aliphatic carbocycles. The lowest BCUT2D eigenvalue weighted by Crippen LogP contribution is -2.43. The number of rotatable bonds is 9. The Balaban J connectivity index is 1.55. The number of anilines is 1. The molecule has 0 radical (unpaired) electrons. The minimum absolute atomic E-state index is 0.0207. The van der Waals surface area contributed by atoms with Crippen LogP contribution in [0.1, 0.15) is 58.4 Å². The van der Waals surface area contributed by atoms with Crippen LogP contribution in [-0.4, -0.2) is 51.6 Å². The SMILES string of the molecule is CC(C)(C)OC(=O)Cc1ccc2c(c1)N(S(=O)(=O)c1ccc(F)cc1)C[C@H](CCC(=O)CC1CCOCC1)O2. The van der Waals surface area contributed by atoms with Gasteiger partial charge >= 0.3 is 5.97 Å².